The molecule has 0 radical (unpaired) electrons. The van der Waals surface area contributed by atoms with Crippen LogP contribution >= 0.6 is 0 Å². The van der Waals surface area contributed by atoms with Crippen molar-refractivity contribution in [3.05, 3.63) is 12.7 Å². The molecule has 0 saturated heterocycles. The van der Waals surface area contributed by atoms with Gasteiger partial charge in [0.15, 0.2) is 0 Å². The Bertz CT molecular complexity index is 1050. The van der Waals surface area contributed by atoms with Crippen LogP contribution in [0.15, 0.2) is 12.7 Å². The van der Waals surface area contributed by atoms with E-state index in [1.165, 1.54) is 19.3 Å². The zero-order valence-corrected chi connectivity index (χ0v) is 29.0. The molecule has 0 aromatic rings. The van der Waals surface area contributed by atoms with Crippen LogP contribution in [0.1, 0.15) is 132 Å². The number of allylic oxidation sites excluding steroid dienone is 1. The van der Waals surface area contributed by atoms with E-state index in [9.17, 15) is 23.5 Å². The molecule has 0 aromatic heterocycles. The number of esters is 1. The zero-order chi connectivity index (χ0) is 32.8. The van der Waals surface area contributed by atoms with Gasteiger partial charge in [0.05, 0.1) is 11.3 Å². The number of rotatable bonds is 4. The van der Waals surface area contributed by atoms with Gasteiger partial charge in [0.25, 0.3) is 0 Å². The van der Waals surface area contributed by atoms with E-state index < -0.39 is 29.1 Å². The van der Waals surface area contributed by atoms with Crippen LogP contribution in [0.2, 0.25) is 0 Å². The topological polar surface area (TPSA) is 63.6 Å². The zero-order valence-electron chi connectivity index (χ0n) is 29.0. The Morgan fingerprint density at radius 2 is 1.48 bits per heavy atom. The quantitative estimate of drug-likeness (QED) is 0.251. The van der Waals surface area contributed by atoms with E-state index in [-0.39, 0.29) is 41.2 Å². The number of carboxylic acids is 1. The van der Waals surface area contributed by atoms with Gasteiger partial charge in [0.2, 0.25) is 5.92 Å². The van der Waals surface area contributed by atoms with Crippen LogP contribution in [0.5, 0.6) is 0 Å². The predicted octanol–water partition coefficient (Wildman–Crippen LogP) is 10.2. The second kappa shape index (κ2) is 13.0. The summed E-state index contributed by atoms with van der Waals surface area (Å²) in [6.07, 6.45) is 13.4. The third-order valence-corrected chi connectivity index (χ3v) is 14.5. The van der Waals surface area contributed by atoms with E-state index in [1.54, 1.807) is 13.0 Å². The number of hydrogen-bond acceptors (Lipinski definition) is 3. The van der Waals surface area contributed by atoms with Crippen molar-refractivity contribution in [2.24, 2.45) is 69.5 Å². The number of aliphatic carboxylic acids is 1. The normalized spacial score (nSPS) is 47.3. The first-order valence-corrected chi connectivity index (χ1v) is 18.0. The first kappa shape index (κ1) is 35.4. The van der Waals surface area contributed by atoms with Gasteiger partial charge in [-0.3, -0.25) is 9.59 Å². The average molecular weight is 621 g/mol. The van der Waals surface area contributed by atoms with Crippen LogP contribution in [0.3, 0.4) is 0 Å². The van der Waals surface area contributed by atoms with E-state index in [2.05, 4.69) is 27.4 Å². The molecule has 6 aliphatic rings. The van der Waals surface area contributed by atoms with Crippen molar-refractivity contribution in [1.82, 2.24) is 0 Å². The third-order valence-electron chi connectivity index (χ3n) is 14.5. The number of hydrogen-bond donors (Lipinski definition) is 1. The maximum Gasteiger partial charge on any atom is 0.309 e. The Kier molecular flexibility index (Phi) is 10.4. The van der Waals surface area contributed by atoms with Crippen LogP contribution < -0.4 is 0 Å². The lowest BCUT2D eigenvalue weighted by atomic mass is 9.37. The average Bonchev–Trinajstić information content (AvgIpc) is 3.41. The molecule has 1 N–H and O–H groups in total. The number of alkyl halides is 2. The SMILES string of the molecule is C=CC.CC.CC1C(C(=O)OC2CCC3(C)C(CCC4(C)C5CCC6(C(=O)O)CCCC6C5CCC34)C2C)CC1C(C)(F)F. The van der Waals surface area contributed by atoms with Crippen molar-refractivity contribution in [2.75, 3.05) is 0 Å². The summed E-state index contributed by atoms with van der Waals surface area (Å²) in [5.41, 5.74) is -0.00423. The molecule has 0 heterocycles. The molecule has 6 rings (SSSR count). The molecule has 13 atom stereocenters. The molecule has 13 unspecified atom stereocenters. The predicted molar refractivity (Wildman–Crippen MR) is 172 cm³/mol. The van der Waals surface area contributed by atoms with Crippen molar-refractivity contribution in [2.45, 2.75) is 144 Å². The summed E-state index contributed by atoms with van der Waals surface area (Å²) in [4.78, 5) is 25.5. The summed E-state index contributed by atoms with van der Waals surface area (Å²) in [5.74, 6) is -2.06. The largest absolute Gasteiger partial charge is 0.481 e. The summed E-state index contributed by atoms with van der Waals surface area (Å²) >= 11 is 0. The molecule has 0 bridgehead atoms. The van der Waals surface area contributed by atoms with E-state index in [0.29, 0.717) is 29.6 Å². The standard InChI is InChI=1S/C33H50F2O4.C3H6.C2H6/c1-18-21(17-25(18)32(5,34)35)28(36)39-26-12-15-30(3)22(19(26)2)10-14-31(4)23-11-16-33(29(37)38)13-6-7-24(33)20(23)8-9-27(30)31;1-3-2;1-2/h18-27H,6-17H2,1-5H3,(H,37,38);3H,1H2,2H3;1-2H3. The van der Waals surface area contributed by atoms with Crippen molar-refractivity contribution in [1.29, 1.82) is 0 Å². The summed E-state index contributed by atoms with van der Waals surface area (Å²) in [6.45, 7) is 19.3. The molecule has 6 aliphatic carbocycles. The van der Waals surface area contributed by atoms with Crippen molar-refractivity contribution in [3.8, 4) is 0 Å². The second-order valence-electron chi connectivity index (χ2n) is 16.1. The minimum absolute atomic E-state index is 0.117. The molecule has 0 aliphatic heterocycles. The third kappa shape index (κ3) is 5.58. The van der Waals surface area contributed by atoms with Crippen LogP contribution in [0.25, 0.3) is 0 Å². The number of ether oxygens (including phenoxy) is 1. The number of carbonyl (C=O) groups excluding carboxylic acids is 1. The molecular formula is C38H62F2O4. The van der Waals surface area contributed by atoms with Crippen LogP contribution in [-0.2, 0) is 14.3 Å². The molecule has 0 spiro atoms. The highest BCUT2D eigenvalue weighted by molar-refractivity contribution is 5.76. The maximum absolute atomic E-state index is 13.8. The minimum atomic E-state index is -2.74. The lowest BCUT2D eigenvalue weighted by Crippen LogP contribution is -2.62. The Hall–Kier alpha value is -1.46. The van der Waals surface area contributed by atoms with Gasteiger partial charge < -0.3 is 9.84 Å². The summed E-state index contributed by atoms with van der Waals surface area (Å²) in [7, 11) is 0. The van der Waals surface area contributed by atoms with E-state index in [1.807, 2.05) is 20.8 Å². The van der Waals surface area contributed by atoms with Gasteiger partial charge in [-0.15, -0.1) is 6.58 Å². The van der Waals surface area contributed by atoms with Gasteiger partial charge in [-0.1, -0.05) is 54.0 Å². The lowest BCUT2D eigenvalue weighted by Gasteiger charge is -2.67. The molecular weight excluding hydrogens is 558 g/mol. The van der Waals surface area contributed by atoms with Gasteiger partial charge >= 0.3 is 11.9 Å². The molecule has 252 valence electrons. The highest BCUT2D eigenvalue weighted by atomic mass is 19.3. The molecule has 6 fully saturated rings. The smallest absolute Gasteiger partial charge is 0.309 e. The molecule has 4 nitrogen and oxygen atoms in total. The number of halogens is 2. The van der Waals surface area contributed by atoms with Gasteiger partial charge in [-0.2, -0.15) is 0 Å². The van der Waals surface area contributed by atoms with Crippen molar-refractivity contribution >= 4 is 11.9 Å². The summed E-state index contributed by atoms with van der Waals surface area (Å²) in [5, 5.41) is 10.2. The van der Waals surface area contributed by atoms with E-state index >= 15 is 0 Å². The van der Waals surface area contributed by atoms with E-state index in [0.717, 1.165) is 58.3 Å². The number of carboxylic acid groups (broad SMARTS) is 1. The van der Waals surface area contributed by atoms with Gasteiger partial charge in [0, 0.05) is 5.92 Å². The maximum atomic E-state index is 13.8. The molecule has 6 saturated carbocycles. The highest BCUT2D eigenvalue weighted by Gasteiger charge is 2.66. The summed E-state index contributed by atoms with van der Waals surface area (Å²) < 4.78 is 33.7. The van der Waals surface area contributed by atoms with Gasteiger partial charge in [-0.25, -0.2) is 8.78 Å². The first-order chi connectivity index (χ1) is 20.7. The van der Waals surface area contributed by atoms with Gasteiger partial charge in [0.1, 0.15) is 6.10 Å². The Morgan fingerprint density at radius 3 is 2.07 bits per heavy atom. The molecule has 0 aromatic carbocycles. The van der Waals surface area contributed by atoms with Crippen molar-refractivity contribution < 1.29 is 28.2 Å². The molecule has 6 heteroatoms. The molecule has 0 amide bonds. The second-order valence-corrected chi connectivity index (χ2v) is 16.1. The molecule has 44 heavy (non-hydrogen) atoms. The van der Waals surface area contributed by atoms with Gasteiger partial charge in [-0.05, 0) is 137 Å². The Labute approximate surface area is 266 Å². The van der Waals surface area contributed by atoms with Crippen LogP contribution in [0.4, 0.5) is 8.78 Å². The fourth-order valence-electron chi connectivity index (χ4n) is 12.3. The Morgan fingerprint density at radius 1 is 0.886 bits per heavy atom. The van der Waals surface area contributed by atoms with Crippen LogP contribution in [0, 0.1) is 69.5 Å². The number of fused-ring (bicyclic) bond motifs is 7. The van der Waals surface area contributed by atoms with Crippen molar-refractivity contribution in [3.63, 3.8) is 0 Å². The lowest BCUT2D eigenvalue weighted by molar-refractivity contribution is -0.209. The van der Waals surface area contributed by atoms with E-state index in [4.69, 9.17) is 4.74 Å². The first-order valence-electron chi connectivity index (χ1n) is 18.0. The van der Waals surface area contributed by atoms with Crippen LogP contribution in [-0.4, -0.2) is 29.1 Å². The monoisotopic (exact) mass is 620 g/mol. The Balaban J connectivity index is 0.000000834. The number of carbonyl (C=O) groups is 2. The fraction of sp³-hybridized carbons (Fsp3) is 0.895. The highest BCUT2D eigenvalue weighted by Crippen LogP contribution is 2.72. The fourth-order valence-corrected chi connectivity index (χ4v) is 12.3. The summed E-state index contributed by atoms with van der Waals surface area (Å²) in [6, 6.07) is 0. The minimum Gasteiger partial charge on any atom is -0.481 e.